The van der Waals surface area contributed by atoms with Crippen LogP contribution >= 0.6 is 54.5 Å². The molecule has 0 unspecified atom stereocenters. The van der Waals surface area contributed by atoms with Crippen molar-refractivity contribution in [1.82, 2.24) is 5.43 Å². The molecule has 0 fully saturated rings. The predicted octanol–water partition coefficient (Wildman–Crippen LogP) is 5.73. The van der Waals surface area contributed by atoms with Crippen molar-refractivity contribution in [1.29, 1.82) is 0 Å². The molecule has 0 bridgehead atoms. The van der Waals surface area contributed by atoms with Crippen molar-refractivity contribution in [2.24, 2.45) is 5.10 Å². The van der Waals surface area contributed by atoms with Gasteiger partial charge in [0.15, 0.2) is 17.3 Å². The number of amides is 1. The summed E-state index contributed by atoms with van der Waals surface area (Å²) in [4.78, 5) is 12.3. The van der Waals surface area contributed by atoms with Crippen LogP contribution in [0.25, 0.3) is 11.0 Å². The molecule has 0 aliphatic heterocycles. The summed E-state index contributed by atoms with van der Waals surface area (Å²) < 4.78 is 19.1. The van der Waals surface area contributed by atoms with Gasteiger partial charge >= 0.3 is 5.91 Å². The SMILES string of the molecule is CCOc1c(I)cc(/C=N/NC(=O)c2cc3cc(Br)cc(Br)c3o2)cc1OC. The summed E-state index contributed by atoms with van der Waals surface area (Å²) >= 11 is 9.01. The van der Waals surface area contributed by atoms with Gasteiger partial charge in [-0.3, -0.25) is 4.79 Å². The molecule has 0 radical (unpaired) electrons. The molecule has 0 atom stereocenters. The fourth-order valence-electron chi connectivity index (χ4n) is 2.51. The van der Waals surface area contributed by atoms with E-state index in [-0.39, 0.29) is 5.76 Å². The van der Waals surface area contributed by atoms with Crippen LogP contribution in [0.5, 0.6) is 11.5 Å². The number of rotatable bonds is 6. The molecule has 6 nitrogen and oxygen atoms in total. The van der Waals surface area contributed by atoms with Crippen molar-refractivity contribution in [2.45, 2.75) is 6.92 Å². The second kappa shape index (κ2) is 9.27. The van der Waals surface area contributed by atoms with E-state index >= 15 is 0 Å². The summed E-state index contributed by atoms with van der Waals surface area (Å²) in [5, 5.41) is 4.82. The molecule has 3 rings (SSSR count). The highest BCUT2D eigenvalue weighted by atomic mass is 127. The molecular weight excluding hydrogens is 607 g/mol. The van der Waals surface area contributed by atoms with Crippen LogP contribution in [0.1, 0.15) is 23.0 Å². The lowest BCUT2D eigenvalue weighted by atomic mass is 10.2. The van der Waals surface area contributed by atoms with Gasteiger partial charge in [0, 0.05) is 9.86 Å². The highest BCUT2D eigenvalue weighted by molar-refractivity contribution is 14.1. The number of hydrogen-bond donors (Lipinski definition) is 1. The van der Waals surface area contributed by atoms with E-state index in [1.54, 1.807) is 19.2 Å². The number of carbonyl (C=O) groups excluding carboxylic acids is 1. The summed E-state index contributed by atoms with van der Waals surface area (Å²) in [6.45, 7) is 2.45. The average molecular weight is 622 g/mol. The summed E-state index contributed by atoms with van der Waals surface area (Å²) in [6.07, 6.45) is 1.54. The Morgan fingerprint density at radius 3 is 2.79 bits per heavy atom. The summed E-state index contributed by atoms with van der Waals surface area (Å²) in [5.41, 5.74) is 3.84. The molecule has 2 aromatic carbocycles. The number of nitrogens with zero attached hydrogens (tertiary/aromatic N) is 1. The van der Waals surface area contributed by atoms with E-state index in [0.29, 0.717) is 23.7 Å². The first-order chi connectivity index (χ1) is 13.4. The first kappa shape index (κ1) is 21.1. The smallest absolute Gasteiger partial charge is 0.307 e. The van der Waals surface area contributed by atoms with Crippen LogP contribution in [-0.2, 0) is 0 Å². The molecule has 1 aromatic heterocycles. The van der Waals surface area contributed by atoms with E-state index in [9.17, 15) is 4.79 Å². The van der Waals surface area contributed by atoms with E-state index in [0.717, 1.165) is 23.5 Å². The minimum atomic E-state index is -0.442. The van der Waals surface area contributed by atoms with E-state index in [1.807, 2.05) is 25.1 Å². The molecule has 1 amide bonds. The van der Waals surface area contributed by atoms with Crippen LogP contribution in [0.2, 0.25) is 0 Å². The normalized spacial score (nSPS) is 11.2. The van der Waals surface area contributed by atoms with Crippen LogP contribution in [0.4, 0.5) is 0 Å². The Balaban J connectivity index is 1.76. The molecule has 0 aliphatic carbocycles. The second-order valence-electron chi connectivity index (χ2n) is 5.58. The number of furan rings is 1. The predicted molar refractivity (Wildman–Crippen MR) is 124 cm³/mol. The maximum atomic E-state index is 12.3. The topological polar surface area (TPSA) is 73.1 Å². The monoisotopic (exact) mass is 620 g/mol. The van der Waals surface area contributed by atoms with Gasteiger partial charge in [0.25, 0.3) is 0 Å². The van der Waals surface area contributed by atoms with Crippen LogP contribution in [0.15, 0.2) is 48.8 Å². The van der Waals surface area contributed by atoms with Crippen molar-refractivity contribution < 1.29 is 18.7 Å². The zero-order valence-electron chi connectivity index (χ0n) is 14.9. The molecule has 3 aromatic rings. The molecule has 28 heavy (non-hydrogen) atoms. The van der Waals surface area contributed by atoms with Crippen molar-refractivity contribution in [3.8, 4) is 11.5 Å². The molecule has 146 valence electrons. The number of fused-ring (bicyclic) bond motifs is 1. The third kappa shape index (κ3) is 4.69. The minimum absolute atomic E-state index is 0.171. The lowest BCUT2D eigenvalue weighted by Gasteiger charge is -2.11. The van der Waals surface area contributed by atoms with Crippen molar-refractivity contribution >= 4 is 77.5 Å². The first-order valence-electron chi connectivity index (χ1n) is 8.15. The average Bonchev–Trinajstić information content (AvgIpc) is 3.08. The van der Waals surface area contributed by atoms with E-state index < -0.39 is 5.91 Å². The second-order valence-corrected chi connectivity index (χ2v) is 8.52. The Hall–Kier alpha value is -1.59. The first-order valence-corrected chi connectivity index (χ1v) is 10.8. The third-order valence-electron chi connectivity index (χ3n) is 3.68. The Morgan fingerprint density at radius 1 is 1.29 bits per heavy atom. The number of hydrogen-bond acceptors (Lipinski definition) is 5. The van der Waals surface area contributed by atoms with Crippen LogP contribution in [0, 0.1) is 3.57 Å². The quantitative estimate of drug-likeness (QED) is 0.217. The van der Waals surface area contributed by atoms with Gasteiger partial charge in [-0.2, -0.15) is 5.10 Å². The zero-order valence-corrected chi connectivity index (χ0v) is 20.2. The lowest BCUT2D eigenvalue weighted by molar-refractivity contribution is 0.0929. The van der Waals surface area contributed by atoms with Crippen LogP contribution in [-0.4, -0.2) is 25.8 Å². The summed E-state index contributed by atoms with van der Waals surface area (Å²) in [5.74, 6) is 1.02. The molecule has 0 saturated carbocycles. The Kier molecular flexibility index (Phi) is 7.00. The summed E-state index contributed by atoms with van der Waals surface area (Å²) in [6, 6.07) is 9.07. The number of halogens is 3. The van der Waals surface area contributed by atoms with Gasteiger partial charge in [0.05, 0.1) is 28.0 Å². The highest BCUT2D eigenvalue weighted by Gasteiger charge is 2.14. The van der Waals surface area contributed by atoms with E-state index in [4.69, 9.17) is 13.9 Å². The van der Waals surface area contributed by atoms with Gasteiger partial charge < -0.3 is 13.9 Å². The van der Waals surface area contributed by atoms with Crippen LogP contribution < -0.4 is 14.9 Å². The Labute approximate surface area is 192 Å². The fraction of sp³-hybridized carbons (Fsp3) is 0.158. The van der Waals surface area contributed by atoms with Crippen LogP contribution in [0.3, 0.4) is 0 Å². The minimum Gasteiger partial charge on any atom is -0.493 e. The van der Waals surface area contributed by atoms with Crippen molar-refractivity contribution in [3.63, 3.8) is 0 Å². The number of hydrazone groups is 1. The lowest BCUT2D eigenvalue weighted by Crippen LogP contribution is -2.16. The number of nitrogens with one attached hydrogen (secondary N) is 1. The molecular formula is C19H15Br2IN2O4. The van der Waals surface area contributed by atoms with Gasteiger partial charge in [-0.25, -0.2) is 5.43 Å². The van der Waals surface area contributed by atoms with Gasteiger partial charge in [0.1, 0.15) is 5.58 Å². The Bertz CT molecular complexity index is 1070. The zero-order chi connectivity index (χ0) is 20.3. The van der Waals surface area contributed by atoms with Crippen molar-refractivity contribution in [3.05, 3.63) is 54.2 Å². The molecule has 9 heteroatoms. The number of carbonyl (C=O) groups is 1. The molecule has 0 saturated heterocycles. The summed E-state index contributed by atoms with van der Waals surface area (Å²) in [7, 11) is 1.58. The maximum absolute atomic E-state index is 12.3. The molecule has 1 heterocycles. The van der Waals surface area contributed by atoms with E-state index in [1.165, 1.54) is 6.21 Å². The van der Waals surface area contributed by atoms with Gasteiger partial charge in [-0.15, -0.1) is 0 Å². The van der Waals surface area contributed by atoms with Gasteiger partial charge in [-0.1, -0.05) is 15.9 Å². The van der Waals surface area contributed by atoms with Crippen molar-refractivity contribution in [2.75, 3.05) is 13.7 Å². The van der Waals surface area contributed by atoms with Gasteiger partial charge in [-0.05, 0) is 81.3 Å². The van der Waals surface area contributed by atoms with E-state index in [2.05, 4.69) is 65.0 Å². The van der Waals surface area contributed by atoms with Gasteiger partial charge in [0.2, 0.25) is 0 Å². The Morgan fingerprint density at radius 2 is 2.07 bits per heavy atom. The maximum Gasteiger partial charge on any atom is 0.307 e. The number of benzene rings is 2. The number of methoxy groups -OCH3 is 1. The molecule has 0 spiro atoms. The number of ether oxygens (including phenoxy) is 2. The standard InChI is InChI=1S/C19H15Br2IN2O4/c1-3-27-18-14(22)4-10(5-15(18)26-2)9-23-24-19(25)16-7-11-6-12(20)8-13(21)17(11)28-16/h4-9H,3H2,1-2H3,(H,24,25)/b23-9+. The highest BCUT2D eigenvalue weighted by Crippen LogP contribution is 2.33. The molecule has 1 N–H and O–H groups in total. The molecule has 0 aliphatic rings. The largest absolute Gasteiger partial charge is 0.493 e. The fourth-order valence-corrected chi connectivity index (χ4v) is 4.63. The third-order valence-corrected chi connectivity index (χ3v) is 5.53.